The van der Waals surface area contributed by atoms with E-state index in [9.17, 15) is 4.79 Å². The number of carboxylic acid groups (broad SMARTS) is 1. The van der Waals surface area contributed by atoms with Crippen LogP contribution in [0.15, 0.2) is 11.1 Å². The Balaban J connectivity index is 3.91. The largest absolute Gasteiger partial charge is 0.478 e. The molecule has 0 aliphatic heterocycles. The lowest BCUT2D eigenvalue weighted by Crippen LogP contribution is -2.04. The van der Waals surface area contributed by atoms with Crippen LogP contribution in [0.3, 0.4) is 0 Å². The SMILES string of the molecule is CCCCOCCC(CC)=C(C)C(=O)O. The molecule has 0 atom stereocenters. The molecule has 0 unspecified atom stereocenters. The smallest absolute Gasteiger partial charge is 0.331 e. The highest BCUT2D eigenvalue weighted by Crippen LogP contribution is 2.13. The lowest BCUT2D eigenvalue weighted by molar-refractivity contribution is -0.132. The standard InChI is InChI=1S/C12H22O3/c1-4-6-8-15-9-7-11(5-2)10(3)12(13)14/h4-9H2,1-3H3,(H,13,14). The minimum Gasteiger partial charge on any atom is -0.478 e. The normalized spacial score (nSPS) is 12.5. The molecule has 0 aromatic rings. The number of hydrogen-bond acceptors (Lipinski definition) is 2. The van der Waals surface area contributed by atoms with Gasteiger partial charge in [0.2, 0.25) is 0 Å². The number of carboxylic acids is 1. The van der Waals surface area contributed by atoms with Gasteiger partial charge in [-0.1, -0.05) is 25.8 Å². The zero-order chi connectivity index (χ0) is 11.7. The van der Waals surface area contributed by atoms with Crippen molar-refractivity contribution in [2.45, 2.75) is 46.5 Å². The maximum absolute atomic E-state index is 10.7. The molecule has 0 heterocycles. The van der Waals surface area contributed by atoms with Crippen molar-refractivity contribution in [1.29, 1.82) is 0 Å². The first-order valence-corrected chi connectivity index (χ1v) is 5.63. The van der Waals surface area contributed by atoms with Gasteiger partial charge < -0.3 is 9.84 Å². The zero-order valence-electron chi connectivity index (χ0n) is 10.0. The van der Waals surface area contributed by atoms with Crippen molar-refractivity contribution >= 4 is 5.97 Å². The molecule has 0 bridgehead atoms. The van der Waals surface area contributed by atoms with Crippen LogP contribution in [0.4, 0.5) is 0 Å². The number of unbranched alkanes of at least 4 members (excludes halogenated alkanes) is 1. The Morgan fingerprint density at radius 1 is 1.27 bits per heavy atom. The lowest BCUT2D eigenvalue weighted by atomic mass is 10.0. The van der Waals surface area contributed by atoms with Crippen molar-refractivity contribution in [2.75, 3.05) is 13.2 Å². The van der Waals surface area contributed by atoms with E-state index in [0.29, 0.717) is 12.2 Å². The fraction of sp³-hybridized carbons (Fsp3) is 0.750. The Hall–Kier alpha value is -0.830. The van der Waals surface area contributed by atoms with Crippen molar-refractivity contribution in [1.82, 2.24) is 0 Å². The van der Waals surface area contributed by atoms with Gasteiger partial charge in [0.1, 0.15) is 0 Å². The Kier molecular flexibility index (Phi) is 8.01. The summed E-state index contributed by atoms with van der Waals surface area (Å²) >= 11 is 0. The molecule has 0 saturated heterocycles. The maximum atomic E-state index is 10.7. The number of aliphatic carboxylic acids is 1. The minimum atomic E-state index is -0.819. The number of hydrogen-bond donors (Lipinski definition) is 1. The Morgan fingerprint density at radius 2 is 1.93 bits per heavy atom. The van der Waals surface area contributed by atoms with Gasteiger partial charge in [-0.2, -0.15) is 0 Å². The highest BCUT2D eigenvalue weighted by Gasteiger charge is 2.07. The monoisotopic (exact) mass is 214 g/mol. The molecule has 0 aliphatic carbocycles. The van der Waals surface area contributed by atoms with Crippen LogP contribution in [0.1, 0.15) is 46.5 Å². The van der Waals surface area contributed by atoms with E-state index in [1.54, 1.807) is 6.92 Å². The van der Waals surface area contributed by atoms with E-state index >= 15 is 0 Å². The Morgan fingerprint density at radius 3 is 2.40 bits per heavy atom. The van der Waals surface area contributed by atoms with E-state index in [1.165, 1.54) is 0 Å². The van der Waals surface area contributed by atoms with E-state index < -0.39 is 5.97 Å². The molecule has 0 fully saturated rings. The molecule has 0 aliphatic rings. The van der Waals surface area contributed by atoms with Crippen LogP contribution >= 0.6 is 0 Å². The van der Waals surface area contributed by atoms with Crippen molar-refractivity contribution in [3.05, 3.63) is 11.1 Å². The summed E-state index contributed by atoms with van der Waals surface area (Å²) in [6.07, 6.45) is 3.72. The van der Waals surface area contributed by atoms with Gasteiger partial charge >= 0.3 is 5.97 Å². The lowest BCUT2D eigenvalue weighted by Gasteiger charge is -2.08. The summed E-state index contributed by atoms with van der Waals surface area (Å²) < 4.78 is 5.41. The number of ether oxygens (including phenoxy) is 1. The first-order chi connectivity index (χ1) is 7.13. The van der Waals surface area contributed by atoms with Crippen molar-refractivity contribution in [3.8, 4) is 0 Å². The number of rotatable bonds is 8. The second-order valence-corrected chi connectivity index (χ2v) is 3.60. The molecular formula is C12H22O3. The molecule has 0 saturated carbocycles. The molecule has 88 valence electrons. The molecule has 15 heavy (non-hydrogen) atoms. The molecule has 0 aromatic carbocycles. The van der Waals surface area contributed by atoms with Gasteiger partial charge in [-0.3, -0.25) is 0 Å². The first-order valence-electron chi connectivity index (χ1n) is 5.63. The van der Waals surface area contributed by atoms with Crippen LogP contribution in [0.5, 0.6) is 0 Å². The van der Waals surface area contributed by atoms with Gasteiger partial charge in [0.05, 0.1) is 6.61 Å². The molecule has 0 rings (SSSR count). The summed E-state index contributed by atoms with van der Waals surface area (Å²) in [5, 5.41) is 8.83. The van der Waals surface area contributed by atoms with E-state index in [1.807, 2.05) is 6.92 Å². The molecule has 0 spiro atoms. The van der Waals surface area contributed by atoms with Crippen LogP contribution < -0.4 is 0 Å². The van der Waals surface area contributed by atoms with Gasteiger partial charge in [0, 0.05) is 12.2 Å². The highest BCUT2D eigenvalue weighted by atomic mass is 16.5. The fourth-order valence-electron chi connectivity index (χ4n) is 1.32. The second kappa shape index (κ2) is 8.48. The highest BCUT2D eigenvalue weighted by molar-refractivity contribution is 5.86. The molecule has 0 amide bonds. The third-order valence-corrected chi connectivity index (χ3v) is 2.47. The van der Waals surface area contributed by atoms with Crippen molar-refractivity contribution < 1.29 is 14.6 Å². The summed E-state index contributed by atoms with van der Waals surface area (Å²) in [5.41, 5.74) is 1.45. The minimum absolute atomic E-state index is 0.469. The predicted molar refractivity (Wildman–Crippen MR) is 61.0 cm³/mol. The van der Waals surface area contributed by atoms with Crippen LogP contribution in [-0.4, -0.2) is 24.3 Å². The molecule has 3 heteroatoms. The number of carbonyl (C=O) groups is 1. The average Bonchev–Trinajstić information content (AvgIpc) is 2.22. The summed E-state index contributed by atoms with van der Waals surface area (Å²) in [7, 11) is 0. The van der Waals surface area contributed by atoms with E-state index in [0.717, 1.165) is 37.9 Å². The molecule has 0 aromatic heterocycles. The molecule has 1 N–H and O–H groups in total. The van der Waals surface area contributed by atoms with Gasteiger partial charge in [0.25, 0.3) is 0 Å². The molecular weight excluding hydrogens is 192 g/mol. The van der Waals surface area contributed by atoms with Gasteiger partial charge in [-0.25, -0.2) is 4.79 Å². The summed E-state index contributed by atoms with van der Waals surface area (Å²) in [5.74, 6) is -0.819. The van der Waals surface area contributed by atoms with E-state index in [4.69, 9.17) is 9.84 Å². The predicted octanol–water partition coefficient (Wildman–Crippen LogP) is 3.00. The Bertz CT molecular complexity index is 219. The van der Waals surface area contributed by atoms with Crippen LogP contribution in [0.25, 0.3) is 0 Å². The van der Waals surface area contributed by atoms with Crippen LogP contribution in [0, 0.1) is 0 Å². The van der Waals surface area contributed by atoms with Crippen LogP contribution in [-0.2, 0) is 9.53 Å². The fourth-order valence-corrected chi connectivity index (χ4v) is 1.32. The van der Waals surface area contributed by atoms with Crippen LogP contribution in [0.2, 0.25) is 0 Å². The molecule has 0 radical (unpaired) electrons. The zero-order valence-corrected chi connectivity index (χ0v) is 10.0. The van der Waals surface area contributed by atoms with Gasteiger partial charge in [-0.15, -0.1) is 0 Å². The Labute approximate surface area is 92.1 Å². The van der Waals surface area contributed by atoms with Crippen molar-refractivity contribution in [2.24, 2.45) is 0 Å². The third kappa shape index (κ3) is 6.28. The third-order valence-electron chi connectivity index (χ3n) is 2.47. The summed E-state index contributed by atoms with van der Waals surface area (Å²) in [4.78, 5) is 10.7. The maximum Gasteiger partial charge on any atom is 0.331 e. The molecule has 3 nitrogen and oxygen atoms in total. The summed E-state index contributed by atoms with van der Waals surface area (Å²) in [6.45, 7) is 7.17. The van der Waals surface area contributed by atoms with Crippen molar-refractivity contribution in [3.63, 3.8) is 0 Å². The second-order valence-electron chi connectivity index (χ2n) is 3.60. The summed E-state index contributed by atoms with van der Waals surface area (Å²) in [6, 6.07) is 0. The van der Waals surface area contributed by atoms with Gasteiger partial charge in [-0.05, 0) is 26.2 Å². The van der Waals surface area contributed by atoms with Gasteiger partial charge in [0.15, 0.2) is 0 Å². The quantitative estimate of drug-likeness (QED) is 0.499. The topological polar surface area (TPSA) is 46.5 Å². The average molecular weight is 214 g/mol. The van der Waals surface area contributed by atoms with E-state index in [-0.39, 0.29) is 0 Å². The van der Waals surface area contributed by atoms with E-state index in [2.05, 4.69) is 6.92 Å². The first kappa shape index (κ1) is 14.2.